The van der Waals surface area contributed by atoms with Gasteiger partial charge >= 0.3 is 0 Å². The van der Waals surface area contributed by atoms with Gasteiger partial charge in [-0.2, -0.15) is 0 Å². The Kier molecular flexibility index (Phi) is 8.96. The molecule has 1 aromatic heterocycles. The molecule has 1 rings (SSSR count). The van der Waals surface area contributed by atoms with Crippen LogP contribution >= 0.6 is 24.8 Å². The summed E-state index contributed by atoms with van der Waals surface area (Å²) in [7, 11) is 0. The van der Waals surface area contributed by atoms with Crippen molar-refractivity contribution in [3.63, 3.8) is 0 Å². The number of rotatable bonds is 4. The van der Waals surface area contributed by atoms with Gasteiger partial charge in [0, 0.05) is 25.2 Å². The minimum Gasteiger partial charge on any atom is -0.388 e. The van der Waals surface area contributed by atoms with Crippen molar-refractivity contribution in [1.29, 1.82) is 5.41 Å². The summed E-state index contributed by atoms with van der Waals surface area (Å²) in [6.07, 6.45) is 5.93. The van der Waals surface area contributed by atoms with Crippen molar-refractivity contribution in [2.75, 3.05) is 0 Å². The van der Waals surface area contributed by atoms with Crippen LogP contribution in [0.1, 0.15) is 18.7 Å². The molecule has 0 amide bonds. The van der Waals surface area contributed by atoms with Crippen LogP contribution in [-0.4, -0.2) is 15.8 Å². The minimum atomic E-state index is 0. The number of aromatic amines is 1. The number of imidazole rings is 1. The number of nitrogens with one attached hydrogen (secondary N) is 2. The van der Waals surface area contributed by atoms with Gasteiger partial charge in [-0.1, -0.05) is 0 Å². The number of aromatic nitrogens is 2. The predicted octanol–water partition coefficient (Wildman–Crippen LogP) is 1.51. The quantitative estimate of drug-likeness (QED) is 0.536. The van der Waals surface area contributed by atoms with Crippen LogP contribution in [0.5, 0.6) is 0 Å². The fourth-order valence-corrected chi connectivity index (χ4v) is 0.881. The Labute approximate surface area is 89.7 Å². The second kappa shape index (κ2) is 7.89. The SMILES string of the molecule is Cl.Cl.N=C(N)CCCc1ncc[nH]1. The molecular formula is C7H14Cl2N4. The first-order valence-corrected chi connectivity index (χ1v) is 3.60. The van der Waals surface area contributed by atoms with E-state index in [-0.39, 0.29) is 30.6 Å². The Balaban J connectivity index is 0. The van der Waals surface area contributed by atoms with Crippen LogP contribution in [-0.2, 0) is 6.42 Å². The monoisotopic (exact) mass is 224 g/mol. The number of nitrogens with two attached hydrogens (primary N) is 1. The molecule has 0 aliphatic carbocycles. The molecule has 0 saturated carbocycles. The molecule has 1 heterocycles. The van der Waals surface area contributed by atoms with Crippen molar-refractivity contribution in [3.8, 4) is 0 Å². The minimum absolute atomic E-state index is 0. The summed E-state index contributed by atoms with van der Waals surface area (Å²) >= 11 is 0. The highest BCUT2D eigenvalue weighted by molar-refractivity contribution is 5.85. The standard InChI is InChI=1S/C7H12N4.2ClH/c8-6(9)2-1-3-7-10-4-5-11-7;;/h4-5H,1-3H2,(H3,8,9)(H,10,11);2*1H. The molecule has 76 valence electrons. The second-order valence-corrected chi connectivity index (χ2v) is 2.41. The number of nitrogens with zero attached hydrogens (tertiary/aromatic N) is 1. The maximum absolute atomic E-state index is 6.97. The van der Waals surface area contributed by atoms with E-state index in [1.807, 2.05) is 0 Å². The summed E-state index contributed by atoms with van der Waals surface area (Å²) in [4.78, 5) is 7.03. The van der Waals surface area contributed by atoms with Gasteiger partial charge in [-0.3, -0.25) is 5.41 Å². The van der Waals surface area contributed by atoms with E-state index in [1.165, 1.54) is 0 Å². The molecule has 0 fully saturated rings. The third-order valence-electron chi connectivity index (χ3n) is 1.41. The van der Waals surface area contributed by atoms with Crippen LogP contribution < -0.4 is 5.73 Å². The lowest BCUT2D eigenvalue weighted by atomic mass is 10.2. The fourth-order valence-electron chi connectivity index (χ4n) is 0.881. The smallest absolute Gasteiger partial charge is 0.106 e. The third kappa shape index (κ3) is 6.42. The molecule has 0 radical (unpaired) electrons. The second-order valence-electron chi connectivity index (χ2n) is 2.41. The Hall–Kier alpha value is -0.740. The molecular weight excluding hydrogens is 211 g/mol. The maximum Gasteiger partial charge on any atom is 0.106 e. The van der Waals surface area contributed by atoms with Gasteiger partial charge in [0.25, 0.3) is 0 Å². The molecule has 0 bridgehead atoms. The summed E-state index contributed by atoms with van der Waals surface area (Å²) < 4.78 is 0. The molecule has 1 aromatic rings. The first kappa shape index (κ1) is 14.8. The fraction of sp³-hybridized carbons (Fsp3) is 0.429. The van der Waals surface area contributed by atoms with Crippen molar-refractivity contribution in [1.82, 2.24) is 9.97 Å². The van der Waals surface area contributed by atoms with Crippen molar-refractivity contribution in [2.45, 2.75) is 19.3 Å². The number of amidine groups is 1. The topological polar surface area (TPSA) is 78.6 Å². The summed E-state index contributed by atoms with van der Waals surface area (Å²) in [6.45, 7) is 0. The molecule has 0 aromatic carbocycles. The van der Waals surface area contributed by atoms with Crippen LogP contribution in [0.3, 0.4) is 0 Å². The molecule has 0 aliphatic heterocycles. The lowest BCUT2D eigenvalue weighted by Gasteiger charge is -1.95. The highest BCUT2D eigenvalue weighted by Gasteiger charge is 1.94. The first-order chi connectivity index (χ1) is 5.29. The van der Waals surface area contributed by atoms with Gasteiger partial charge in [0.05, 0.1) is 5.84 Å². The van der Waals surface area contributed by atoms with Gasteiger partial charge in [0.1, 0.15) is 5.82 Å². The zero-order valence-electron chi connectivity index (χ0n) is 7.12. The third-order valence-corrected chi connectivity index (χ3v) is 1.41. The van der Waals surface area contributed by atoms with E-state index in [0.717, 1.165) is 18.7 Å². The van der Waals surface area contributed by atoms with E-state index in [2.05, 4.69) is 9.97 Å². The highest BCUT2D eigenvalue weighted by atomic mass is 35.5. The van der Waals surface area contributed by atoms with E-state index < -0.39 is 0 Å². The van der Waals surface area contributed by atoms with E-state index in [1.54, 1.807) is 12.4 Å². The average Bonchev–Trinajstić information content (AvgIpc) is 2.39. The van der Waals surface area contributed by atoms with Crippen LogP contribution in [0.4, 0.5) is 0 Å². The van der Waals surface area contributed by atoms with Gasteiger partial charge in [0.15, 0.2) is 0 Å². The normalized spacial score (nSPS) is 8.31. The molecule has 0 unspecified atom stereocenters. The summed E-state index contributed by atoms with van der Waals surface area (Å²) in [5.41, 5.74) is 5.18. The lowest BCUT2D eigenvalue weighted by Crippen LogP contribution is -2.09. The van der Waals surface area contributed by atoms with Gasteiger partial charge in [-0.15, -0.1) is 24.8 Å². The molecule has 0 aliphatic rings. The number of halogens is 2. The van der Waals surface area contributed by atoms with Crippen molar-refractivity contribution < 1.29 is 0 Å². The van der Waals surface area contributed by atoms with E-state index >= 15 is 0 Å². The van der Waals surface area contributed by atoms with Crippen LogP contribution in [0.2, 0.25) is 0 Å². The molecule has 4 N–H and O–H groups in total. The summed E-state index contributed by atoms with van der Waals surface area (Å²) in [6, 6.07) is 0. The first-order valence-electron chi connectivity index (χ1n) is 3.60. The number of aryl methyl sites for hydroxylation is 1. The maximum atomic E-state index is 6.97. The molecule has 0 atom stereocenters. The average molecular weight is 225 g/mol. The van der Waals surface area contributed by atoms with Crippen LogP contribution in [0.25, 0.3) is 0 Å². The van der Waals surface area contributed by atoms with Gasteiger partial charge < -0.3 is 10.7 Å². The number of hydrogen-bond donors (Lipinski definition) is 3. The van der Waals surface area contributed by atoms with Crippen molar-refractivity contribution in [2.24, 2.45) is 5.73 Å². The summed E-state index contributed by atoms with van der Waals surface area (Å²) in [5.74, 6) is 1.21. The Bertz CT molecular complexity index is 222. The molecule has 13 heavy (non-hydrogen) atoms. The Morgan fingerprint density at radius 3 is 2.69 bits per heavy atom. The van der Waals surface area contributed by atoms with Crippen LogP contribution in [0.15, 0.2) is 12.4 Å². The number of H-pyrrole nitrogens is 1. The van der Waals surface area contributed by atoms with Gasteiger partial charge in [-0.25, -0.2) is 4.98 Å². The predicted molar refractivity (Wildman–Crippen MR) is 57.9 cm³/mol. The largest absolute Gasteiger partial charge is 0.388 e. The zero-order chi connectivity index (χ0) is 8.10. The van der Waals surface area contributed by atoms with E-state index in [4.69, 9.17) is 11.1 Å². The van der Waals surface area contributed by atoms with Gasteiger partial charge in [-0.05, 0) is 6.42 Å². The van der Waals surface area contributed by atoms with E-state index in [9.17, 15) is 0 Å². The Morgan fingerprint density at radius 1 is 1.54 bits per heavy atom. The lowest BCUT2D eigenvalue weighted by molar-refractivity contribution is 0.811. The molecule has 0 spiro atoms. The zero-order valence-corrected chi connectivity index (χ0v) is 8.75. The number of hydrogen-bond acceptors (Lipinski definition) is 2. The van der Waals surface area contributed by atoms with Crippen molar-refractivity contribution >= 4 is 30.6 Å². The van der Waals surface area contributed by atoms with Crippen molar-refractivity contribution in [3.05, 3.63) is 18.2 Å². The van der Waals surface area contributed by atoms with Gasteiger partial charge in [0.2, 0.25) is 0 Å². The van der Waals surface area contributed by atoms with Crippen LogP contribution in [0, 0.1) is 5.41 Å². The highest BCUT2D eigenvalue weighted by Crippen LogP contribution is 1.97. The molecule has 6 heteroatoms. The molecule has 0 saturated heterocycles. The Morgan fingerprint density at radius 2 is 2.23 bits per heavy atom. The summed E-state index contributed by atoms with van der Waals surface area (Å²) in [5, 5.41) is 6.97. The van der Waals surface area contributed by atoms with E-state index in [0.29, 0.717) is 6.42 Å². The molecule has 4 nitrogen and oxygen atoms in total.